The highest BCUT2D eigenvalue weighted by Gasteiger charge is 2.26. The Morgan fingerprint density at radius 2 is 0.843 bits per heavy atom. The first-order valence-corrected chi connectivity index (χ1v) is 28.4. The molecular weight excluding hydrogens is 1110 g/mol. The Hall–Kier alpha value is -8.63. The first kappa shape index (κ1) is 59.0. The summed E-state index contributed by atoms with van der Waals surface area (Å²) in [5.41, 5.74) is 9.20. The number of benzene rings is 9. The van der Waals surface area contributed by atoms with Gasteiger partial charge in [0, 0.05) is 51.4 Å². The van der Waals surface area contributed by atoms with Gasteiger partial charge in [0.2, 0.25) is 0 Å². The van der Waals surface area contributed by atoms with Gasteiger partial charge in [0.25, 0.3) is 29.5 Å². The van der Waals surface area contributed by atoms with Crippen molar-refractivity contribution in [2.24, 2.45) is 17.6 Å². The number of nitrogens with two attached hydrogens (primary N) is 1. The van der Waals surface area contributed by atoms with Gasteiger partial charge in [0.15, 0.2) is 0 Å². The Labute approximate surface area is 495 Å². The monoisotopic (exact) mass is 1170 g/mol. The molecule has 0 atom stereocenters. The average molecular weight is 1170 g/mol. The molecule has 11 rings (SSSR count). The summed E-state index contributed by atoms with van der Waals surface area (Å²) in [6.45, 7) is 4.52. The molecule has 2 heterocycles. The van der Waals surface area contributed by atoms with Crippen LogP contribution in [0, 0.1) is 11.8 Å². The second kappa shape index (κ2) is 27.9. The second-order valence-corrected chi connectivity index (χ2v) is 21.5. The molecule has 0 aliphatic carbocycles. The van der Waals surface area contributed by atoms with E-state index >= 15 is 0 Å². The number of aromatic carboxylic acids is 1. The number of carbonyl (C=O) groups is 6. The van der Waals surface area contributed by atoms with Crippen LogP contribution < -0.4 is 32.3 Å². The molecule has 0 radical (unpaired) electrons. The van der Waals surface area contributed by atoms with Crippen molar-refractivity contribution >= 4 is 120 Å². The van der Waals surface area contributed by atoms with Crippen LogP contribution in [-0.4, -0.2) is 84.8 Å². The first-order chi connectivity index (χ1) is 40.2. The minimum atomic E-state index is -1.15. The number of fused-ring (bicyclic) bond motifs is 3. The number of carboxylic acid groups (broad SMARTS) is 1. The normalized spacial score (nSPS) is 13.4. The van der Waals surface area contributed by atoms with Gasteiger partial charge in [-0.3, -0.25) is 24.0 Å². The van der Waals surface area contributed by atoms with Crippen LogP contribution in [0.15, 0.2) is 182 Å². The highest BCUT2D eigenvalue weighted by atomic mass is 35.5. The van der Waals surface area contributed by atoms with Crippen molar-refractivity contribution in [3.63, 3.8) is 0 Å². The summed E-state index contributed by atoms with van der Waals surface area (Å²) >= 11 is 18.1. The lowest BCUT2D eigenvalue weighted by molar-refractivity contribution is 0.0687. The molecule has 9 aromatic carbocycles. The Balaban J connectivity index is 0.000000151. The van der Waals surface area contributed by atoms with Crippen molar-refractivity contribution < 1.29 is 33.9 Å². The number of halogens is 3. The number of hydrogen-bond donors (Lipinski definition) is 7. The van der Waals surface area contributed by atoms with Gasteiger partial charge >= 0.3 is 5.97 Å². The molecule has 2 aliphatic heterocycles. The van der Waals surface area contributed by atoms with Crippen LogP contribution in [0.25, 0.3) is 32.3 Å². The number of rotatable bonds is 12. The number of nitrogens with one attached hydrogen (secondary N) is 5. The number of anilines is 3. The van der Waals surface area contributed by atoms with Gasteiger partial charge in [-0.05, 0) is 162 Å². The highest BCUT2D eigenvalue weighted by Crippen LogP contribution is 2.29. The van der Waals surface area contributed by atoms with E-state index in [1.165, 1.54) is 18.2 Å². The fourth-order valence-corrected chi connectivity index (χ4v) is 10.7. The van der Waals surface area contributed by atoms with Crippen LogP contribution in [0.2, 0.25) is 15.1 Å². The van der Waals surface area contributed by atoms with Gasteiger partial charge < -0.3 is 42.3 Å². The zero-order valence-corrected chi connectivity index (χ0v) is 47.4. The van der Waals surface area contributed by atoms with E-state index in [2.05, 4.69) is 26.6 Å². The SMILES string of the molecule is NCC1CCN(C(=O)c2cc(Cl)ccc2NC(=O)c2cccc3ccccc23)CC1.O=C(NCC1CCNCC1)c1cc(Cl)ccc1NC(=O)c1cccc2ccccc12.O=C(O)c1cc(Cl)ccc1NC(=O)c1cccc2ccccc12. The van der Waals surface area contributed by atoms with Gasteiger partial charge in [-0.2, -0.15) is 0 Å². The lowest BCUT2D eigenvalue weighted by atomic mass is 9.96. The minimum absolute atomic E-state index is 0.0499. The summed E-state index contributed by atoms with van der Waals surface area (Å²) in [7, 11) is 0. The Bertz CT molecular complexity index is 3870. The third-order valence-corrected chi connectivity index (χ3v) is 15.4. The van der Waals surface area contributed by atoms with Crippen LogP contribution in [0.1, 0.15) is 87.8 Å². The largest absolute Gasteiger partial charge is 0.478 e. The van der Waals surface area contributed by atoms with Crippen molar-refractivity contribution in [2.75, 3.05) is 55.2 Å². The molecule has 14 nitrogen and oxygen atoms in total. The maximum absolute atomic E-state index is 13.2. The molecule has 422 valence electrons. The highest BCUT2D eigenvalue weighted by molar-refractivity contribution is 6.32. The average Bonchev–Trinajstić information content (AvgIpc) is 3.71. The summed E-state index contributed by atoms with van der Waals surface area (Å²) in [5.74, 6) is -1.48. The van der Waals surface area contributed by atoms with Crippen LogP contribution in [0.5, 0.6) is 0 Å². The van der Waals surface area contributed by atoms with E-state index in [-0.39, 0.29) is 40.8 Å². The molecule has 0 saturated carbocycles. The molecular formula is C66H60Cl3N7O7. The topological polar surface area (TPSA) is 212 Å². The van der Waals surface area contributed by atoms with Crippen molar-refractivity contribution in [3.05, 3.63) is 230 Å². The summed E-state index contributed by atoms with van der Waals surface area (Å²) in [5, 5.41) is 30.7. The van der Waals surface area contributed by atoms with E-state index in [9.17, 15) is 33.9 Å². The van der Waals surface area contributed by atoms with Gasteiger partial charge in [-0.1, -0.05) is 144 Å². The molecule has 2 fully saturated rings. The molecule has 0 bridgehead atoms. The Morgan fingerprint density at radius 1 is 0.458 bits per heavy atom. The summed E-state index contributed by atoms with van der Waals surface area (Å²) in [6.07, 6.45) is 3.86. The smallest absolute Gasteiger partial charge is 0.337 e. The maximum atomic E-state index is 13.2. The molecule has 8 N–H and O–H groups in total. The van der Waals surface area contributed by atoms with E-state index < -0.39 is 5.97 Å². The van der Waals surface area contributed by atoms with Gasteiger partial charge in [-0.25, -0.2) is 4.79 Å². The number of carbonyl (C=O) groups excluding carboxylic acids is 5. The van der Waals surface area contributed by atoms with Crippen molar-refractivity contribution in [1.82, 2.24) is 15.5 Å². The van der Waals surface area contributed by atoms with E-state index in [1.807, 2.05) is 108 Å². The fourth-order valence-electron chi connectivity index (χ4n) is 10.2. The zero-order valence-electron chi connectivity index (χ0n) is 45.1. The lowest BCUT2D eigenvalue weighted by Crippen LogP contribution is -2.40. The summed E-state index contributed by atoms with van der Waals surface area (Å²) < 4.78 is 0. The zero-order chi connectivity index (χ0) is 58.4. The van der Waals surface area contributed by atoms with E-state index in [0.717, 1.165) is 71.1 Å². The van der Waals surface area contributed by atoms with E-state index in [4.69, 9.17) is 40.5 Å². The Morgan fingerprint density at radius 3 is 1.28 bits per heavy atom. The van der Waals surface area contributed by atoms with E-state index in [0.29, 0.717) is 92.3 Å². The third kappa shape index (κ3) is 14.9. The number of likely N-dealkylation sites (tertiary alicyclic amines) is 1. The molecule has 9 aromatic rings. The first-order valence-electron chi connectivity index (χ1n) is 27.2. The standard InChI is InChI=1S/2C24H24ClN3O2.C18H12ClNO3/c25-18-8-9-22(21(14-18)23(29)27-15-16-10-12-26-13-11-16)28-24(30)20-7-3-5-17-4-1-2-6-19(17)20;25-18-8-9-22(21(14-18)24(30)28-12-10-16(15-26)11-13-28)27-23(29)20-7-3-5-17-4-1-2-6-19(17)20;19-12-8-9-16(15(10-12)18(22)23)20-17(21)14-7-3-5-11-4-1-2-6-13(11)14/h1-9,14,16,26H,10-13,15H2,(H,27,29)(H,28,30);1-9,14,16H,10-13,15,26H2,(H,27,29);1-10H,(H,20,21)(H,22,23). The summed E-state index contributed by atoms with van der Waals surface area (Å²) in [6, 6.07) is 53.8. The number of hydrogen-bond acceptors (Lipinski definition) is 8. The number of carboxylic acids is 1. The van der Waals surface area contributed by atoms with Crippen LogP contribution >= 0.6 is 34.8 Å². The molecule has 0 spiro atoms. The summed E-state index contributed by atoms with van der Waals surface area (Å²) in [4.78, 5) is 77.8. The van der Waals surface area contributed by atoms with E-state index in [1.54, 1.807) is 60.7 Å². The quantitative estimate of drug-likeness (QED) is 0.0619. The van der Waals surface area contributed by atoms with Gasteiger partial charge in [-0.15, -0.1) is 0 Å². The Kier molecular flexibility index (Phi) is 19.8. The number of amides is 5. The molecule has 17 heteroatoms. The predicted octanol–water partition coefficient (Wildman–Crippen LogP) is 13.5. The molecule has 83 heavy (non-hydrogen) atoms. The fraction of sp³-hybridized carbons (Fsp3) is 0.182. The molecule has 0 unspecified atom stereocenters. The lowest BCUT2D eigenvalue weighted by Gasteiger charge is -2.32. The van der Waals surface area contributed by atoms with Crippen molar-refractivity contribution in [3.8, 4) is 0 Å². The molecule has 0 aromatic heterocycles. The maximum Gasteiger partial charge on any atom is 0.337 e. The number of piperidine rings is 2. The van der Waals surface area contributed by atoms with Crippen molar-refractivity contribution in [1.29, 1.82) is 0 Å². The second-order valence-electron chi connectivity index (χ2n) is 20.2. The van der Waals surface area contributed by atoms with Gasteiger partial charge in [0.05, 0.1) is 33.8 Å². The number of nitrogens with zero attached hydrogens (tertiary/aromatic N) is 1. The predicted molar refractivity (Wildman–Crippen MR) is 333 cm³/mol. The molecule has 2 aliphatic rings. The van der Waals surface area contributed by atoms with Crippen LogP contribution in [-0.2, 0) is 0 Å². The minimum Gasteiger partial charge on any atom is -0.478 e. The third-order valence-electron chi connectivity index (χ3n) is 14.7. The molecule has 5 amide bonds. The van der Waals surface area contributed by atoms with Crippen LogP contribution in [0.4, 0.5) is 17.1 Å². The molecule has 2 saturated heterocycles. The van der Waals surface area contributed by atoms with Gasteiger partial charge in [0.1, 0.15) is 0 Å². The van der Waals surface area contributed by atoms with Crippen LogP contribution in [0.3, 0.4) is 0 Å². The van der Waals surface area contributed by atoms with Crippen molar-refractivity contribution in [2.45, 2.75) is 25.7 Å².